The predicted octanol–water partition coefficient (Wildman–Crippen LogP) is 4.98. The minimum absolute atomic E-state index is 0.543. The molecule has 0 saturated heterocycles. The molecule has 0 spiro atoms. The van der Waals surface area contributed by atoms with Gasteiger partial charge in [-0.25, -0.2) is 4.98 Å². The van der Waals surface area contributed by atoms with Crippen molar-refractivity contribution in [2.24, 2.45) is 0 Å². The van der Waals surface area contributed by atoms with E-state index in [1.165, 1.54) is 0 Å². The van der Waals surface area contributed by atoms with Crippen molar-refractivity contribution in [1.82, 2.24) is 9.97 Å². The van der Waals surface area contributed by atoms with E-state index in [-0.39, 0.29) is 0 Å². The summed E-state index contributed by atoms with van der Waals surface area (Å²) in [6.07, 6.45) is 3.20. The van der Waals surface area contributed by atoms with Crippen molar-refractivity contribution in [2.45, 2.75) is 39.7 Å². The molecule has 0 bridgehead atoms. The molecule has 1 aromatic heterocycles. The molecule has 0 unspecified atom stereocenters. The zero-order chi connectivity index (χ0) is 14.5. The average molecular weight is 312 g/mol. The summed E-state index contributed by atoms with van der Waals surface area (Å²) in [4.78, 5) is 7.61. The molecule has 0 radical (unpaired) electrons. The number of nitrogens with one attached hydrogen (secondary N) is 2. The highest BCUT2D eigenvalue weighted by atomic mass is 35.5. The molecule has 2 N–H and O–H groups in total. The Balaban J connectivity index is 1.99. The third-order valence-electron chi connectivity index (χ3n) is 3.19. The molecule has 0 aliphatic rings. The molecule has 1 aromatic carbocycles. The lowest BCUT2D eigenvalue weighted by atomic mass is 10.2. The zero-order valence-electron chi connectivity index (χ0n) is 11.8. The van der Waals surface area contributed by atoms with E-state index in [1.54, 1.807) is 0 Å². The number of aromatic amines is 1. The van der Waals surface area contributed by atoms with E-state index in [4.69, 9.17) is 23.2 Å². The average Bonchev–Trinajstić information content (AvgIpc) is 2.78. The van der Waals surface area contributed by atoms with Gasteiger partial charge in [-0.3, -0.25) is 0 Å². The molecule has 5 heteroatoms. The summed E-state index contributed by atoms with van der Waals surface area (Å²) in [7, 11) is 0. The molecule has 2 aromatic rings. The summed E-state index contributed by atoms with van der Waals surface area (Å²) in [5.74, 6) is 0.954. The molecule has 20 heavy (non-hydrogen) atoms. The number of hydrogen-bond donors (Lipinski definition) is 2. The highest BCUT2D eigenvalue weighted by Crippen LogP contribution is 2.21. The molecule has 2 rings (SSSR count). The van der Waals surface area contributed by atoms with Gasteiger partial charge < -0.3 is 10.3 Å². The number of benzene rings is 1. The Kier molecular flexibility index (Phi) is 5.32. The van der Waals surface area contributed by atoms with Crippen molar-refractivity contribution >= 4 is 28.9 Å². The first kappa shape index (κ1) is 15.2. The van der Waals surface area contributed by atoms with Crippen LogP contribution in [0.4, 0.5) is 5.69 Å². The molecule has 3 nitrogen and oxygen atoms in total. The lowest BCUT2D eigenvalue weighted by Crippen LogP contribution is -2.00. The maximum atomic E-state index is 6.14. The first-order valence-electron chi connectivity index (χ1n) is 6.83. The van der Waals surface area contributed by atoms with Crippen molar-refractivity contribution in [1.29, 1.82) is 0 Å². The number of H-pyrrole nitrogens is 1. The molecular formula is C15H19Cl2N3. The minimum Gasteiger partial charge on any atom is -0.379 e. The van der Waals surface area contributed by atoms with Crippen LogP contribution in [0.5, 0.6) is 0 Å². The Labute approximate surface area is 129 Å². The second-order valence-corrected chi connectivity index (χ2v) is 5.64. The fourth-order valence-corrected chi connectivity index (χ4v) is 2.31. The third-order valence-corrected chi connectivity index (χ3v) is 3.91. The van der Waals surface area contributed by atoms with Crippen LogP contribution in [0, 0.1) is 6.92 Å². The molecule has 0 aliphatic carbocycles. The van der Waals surface area contributed by atoms with Crippen LogP contribution in [-0.4, -0.2) is 9.97 Å². The topological polar surface area (TPSA) is 40.7 Å². The van der Waals surface area contributed by atoms with Gasteiger partial charge >= 0.3 is 0 Å². The zero-order valence-corrected chi connectivity index (χ0v) is 13.3. The predicted molar refractivity (Wildman–Crippen MR) is 85.7 cm³/mol. The van der Waals surface area contributed by atoms with Gasteiger partial charge in [0.1, 0.15) is 5.82 Å². The van der Waals surface area contributed by atoms with Crippen molar-refractivity contribution in [2.75, 3.05) is 5.32 Å². The van der Waals surface area contributed by atoms with E-state index >= 15 is 0 Å². The van der Waals surface area contributed by atoms with Crippen molar-refractivity contribution in [3.8, 4) is 0 Å². The first-order chi connectivity index (χ1) is 9.60. The largest absolute Gasteiger partial charge is 0.379 e. The normalized spacial score (nSPS) is 10.8. The smallest absolute Gasteiger partial charge is 0.152 e. The Morgan fingerprint density at radius 3 is 2.80 bits per heavy atom. The summed E-state index contributed by atoms with van der Waals surface area (Å²) in [5, 5.41) is 4.60. The van der Waals surface area contributed by atoms with Crippen molar-refractivity contribution in [3.63, 3.8) is 0 Å². The van der Waals surface area contributed by atoms with Gasteiger partial charge in [0.05, 0.1) is 12.2 Å². The number of imidazole rings is 1. The summed E-state index contributed by atoms with van der Waals surface area (Å²) >= 11 is 12.2. The van der Waals surface area contributed by atoms with Gasteiger partial charge in [-0.15, -0.1) is 0 Å². The Bertz CT molecular complexity index is 578. The molecule has 0 aliphatic heterocycles. The number of unbranched alkanes of at least 4 members (excludes halogenated alkanes) is 1. The lowest BCUT2D eigenvalue weighted by Gasteiger charge is -2.07. The van der Waals surface area contributed by atoms with Crippen LogP contribution >= 0.6 is 23.2 Å². The van der Waals surface area contributed by atoms with Crippen LogP contribution in [0.3, 0.4) is 0 Å². The SMILES string of the molecule is CCCCc1nc(Cl)c(CNc2ccc(C)c(Cl)c2)[nH]1. The summed E-state index contributed by atoms with van der Waals surface area (Å²) < 4.78 is 0. The van der Waals surface area contributed by atoms with E-state index in [0.717, 1.165) is 47.1 Å². The Hall–Kier alpha value is -1.19. The number of aromatic nitrogens is 2. The number of anilines is 1. The highest BCUT2D eigenvalue weighted by Gasteiger charge is 2.08. The highest BCUT2D eigenvalue weighted by molar-refractivity contribution is 6.31. The standard InChI is InChI=1S/C15H19Cl2N3/c1-3-4-5-14-19-13(15(17)20-14)9-18-11-7-6-10(2)12(16)8-11/h6-8,18H,3-5,9H2,1-2H3,(H,19,20). The lowest BCUT2D eigenvalue weighted by molar-refractivity contribution is 0.760. The first-order valence-corrected chi connectivity index (χ1v) is 7.59. The number of halogens is 2. The van der Waals surface area contributed by atoms with Gasteiger partial charge in [0, 0.05) is 17.1 Å². The summed E-state index contributed by atoms with van der Waals surface area (Å²) in [6, 6.07) is 5.91. The van der Waals surface area contributed by atoms with Gasteiger partial charge in [0.15, 0.2) is 5.15 Å². The van der Waals surface area contributed by atoms with Gasteiger partial charge in [-0.05, 0) is 31.0 Å². The Morgan fingerprint density at radius 1 is 1.30 bits per heavy atom. The molecule has 0 atom stereocenters. The summed E-state index contributed by atoms with van der Waals surface area (Å²) in [6.45, 7) is 4.75. The van der Waals surface area contributed by atoms with E-state index in [1.807, 2.05) is 25.1 Å². The second kappa shape index (κ2) is 7.00. The molecule has 1 heterocycles. The van der Waals surface area contributed by atoms with Crippen LogP contribution in [0.1, 0.15) is 36.8 Å². The van der Waals surface area contributed by atoms with Crippen molar-refractivity contribution < 1.29 is 0 Å². The maximum absolute atomic E-state index is 6.14. The third kappa shape index (κ3) is 3.90. The Morgan fingerprint density at radius 2 is 2.10 bits per heavy atom. The monoisotopic (exact) mass is 311 g/mol. The van der Waals surface area contributed by atoms with Gasteiger partial charge in [-0.2, -0.15) is 0 Å². The fraction of sp³-hybridized carbons (Fsp3) is 0.400. The van der Waals surface area contributed by atoms with Gasteiger partial charge in [0.2, 0.25) is 0 Å². The van der Waals surface area contributed by atoms with Gasteiger partial charge in [0.25, 0.3) is 0 Å². The van der Waals surface area contributed by atoms with Crippen LogP contribution in [-0.2, 0) is 13.0 Å². The quantitative estimate of drug-likeness (QED) is 0.790. The fourth-order valence-electron chi connectivity index (χ4n) is 1.91. The number of aryl methyl sites for hydroxylation is 2. The van der Waals surface area contributed by atoms with Crippen LogP contribution < -0.4 is 5.32 Å². The van der Waals surface area contributed by atoms with E-state index in [2.05, 4.69) is 22.2 Å². The van der Waals surface area contributed by atoms with E-state index in [0.29, 0.717) is 11.7 Å². The minimum atomic E-state index is 0.543. The molecular weight excluding hydrogens is 293 g/mol. The molecule has 0 fully saturated rings. The molecule has 0 amide bonds. The maximum Gasteiger partial charge on any atom is 0.152 e. The molecule has 108 valence electrons. The number of rotatable bonds is 6. The van der Waals surface area contributed by atoms with Crippen LogP contribution in [0.25, 0.3) is 0 Å². The number of nitrogens with zero attached hydrogens (tertiary/aromatic N) is 1. The van der Waals surface area contributed by atoms with Gasteiger partial charge in [-0.1, -0.05) is 42.6 Å². The summed E-state index contributed by atoms with van der Waals surface area (Å²) in [5.41, 5.74) is 2.95. The van der Waals surface area contributed by atoms with E-state index in [9.17, 15) is 0 Å². The van der Waals surface area contributed by atoms with Crippen molar-refractivity contribution in [3.05, 3.63) is 45.5 Å². The molecule has 0 saturated carbocycles. The van der Waals surface area contributed by atoms with Crippen LogP contribution in [0.2, 0.25) is 10.2 Å². The number of hydrogen-bond acceptors (Lipinski definition) is 2. The van der Waals surface area contributed by atoms with E-state index < -0.39 is 0 Å². The second-order valence-electron chi connectivity index (χ2n) is 4.87. The van der Waals surface area contributed by atoms with Crippen LogP contribution in [0.15, 0.2) is 18.2 Å².